The Morgan fingerprint density at radius 1 is 1.29 bits per heavy atom. The molecule has 1 aliphatic rings. The van der Waals surface area contributed by atoms with E-state index in [0.29, 0.717) is 30.6 Å². The van der Waals surface area contributed by atoms with E-state index in [1.807, 2.05) is 0 Å². The van der Waals surface area contributed by atoms with Crippen molar-refractivity contribution in [3.63, 3.8) is 0 Å². The van der Waals surface area contributed by atoms with E-state index in [-0.39, 0.29) is 5.56 Å². The molecule has 0 aromatic heterocycles. The van der Waals surface area contributed by atoms with Crippen molar-refractivity contribution in [1.82, 2.24) is 4.90 Å². The average molecular weight is 335 g/mol. The smallest absolute Gasteiger partial charge is 0.410 e. The van der Waals surface area contributed by atoms with Gasteiger partial charge in [-0.15, -0.1) is 0 Å². The predicted molar refractivity (Wildman–Crippen MR) is 88.5 cm³/mol. The van der Waals surface area contributed by atoms with E-state index in [0.717, 1.165) is 11.6 Å². The maximum atomic E-state index is 14.3. The van der Waals surface area contributed by atoms with Crippen molar-refractivity contribution in [3.05, 3.63) is 40.7 Å². The minimum atomic E-state index is -1.16. The van der Waals surface area contributed by atoms with E-state index in [4.69, 9.17) is 9.84 Å². The van der Waals surface area contributed by atoms with Gasteiger partial charge in [0.1, 0.15) is 11.4 Å². The summed E-state index contributed by atoms with van der Waals surface area (Å²) in [5.41, 5.74) is 1.15. The Balaban J connectivity index is 2.19. The highest BCUT2D eigenvalue weighted by Gasteiger charge is 2.25. The van der Waals surface area contributed by atoms with Gasteiger partial charge >= 0.3 is 12.1 Å². The van der Waals surface area contributed by atoms with Crippen LogP contribution < -0.4 is 0 Å². The monoisotopic (exact) mass is 335 g/mol. The van der Waals surface area contributed by atoms with Crippen molar-refractivity contribution in [2.75, 3.05) is 13.1 Å². The third-order valence-electron chi connectivity index (χ3n) is 3.72. The second kappa shape index (κ2) is 6.63. The molecule has 0 unspecified atom stereocenters. The average Bonchev–Trinajstić information content (AvgIpc) is 2.45. The van der Waals surface area contributed by atoms with Crippen LogP contribution >= 0.6 is 0 Å². The molecule has 0 bridgehead atoms. The zero-order chi connectivity index (χ0) is 18.1. The second-order valence-electron chi connectivity index (χ2n) is 6.86. The third-order valence-corrected chi connectivity index (χ3v) is 3.72. The number of ether oxygens (including phenoxy) is 1. The fourth-order valence-corrected chi connectivity index (χ4v) is 2.66. The first-order valence-corrected chi connectivity index (χ1v) is 7.79. The summed E-state index contributed by atoms with van der Waals surface area (Å²) in [4.78, 5) is 24.6. The Hall–Kier alpha value is -2.37. The molecule has 2 rings (SSSR count). The molecule has 130 valence electrons. The largest absolute Gasteiger partial charge is 0.478 e. The van der Waals surface area contributed by atoms with Crippen LogP contribution in [0.4, 0.5) is 9.18 Å². The topological polar surface area (TPSA) is 66.8 Å². The molecule has 1 aromatic rings. The van der Waals surface area contributed by atoms with Crippen LogP contribution in [0, 0.1) is 12.7 Å². The van der Waals surface area contributed by atoms with Crippen molar-refractivity contribution in [2.45, 2.75) is 39.7 Å². The van der Waals surface area contributed by atoms with Crippen molar-refractivity contribution in [1.29, 1.82) is 0 Å². The van der Waals surface area contributed by atoms with Crippen molar-refractivity contribution < 1.29 is 23.8 Å². The summed E-state index contributed by atoms with van der Waals surface area (Å²) in [6, 6.07) is 2.49. The lowest BCUT2D eigenvalue weighted by Gasteiger charge is -2.30. The van der Waals surface area contributed by atoms with E-state index >= 15 is 0 Å². The number of hydrogen-bond donors (Lipinski definition) is 1. The first-order valence-electron chi connectivity index (χ1n) is 7.79. The number of carboxylic acid groups (broad SMARTS) is 1. The summed E-state index contributed by atoms with van der Waals surface area (Å²) in [7, 11) is 0. The maximum Gasteiger partial charge on any atom is 0.410 e. The lowest BCUT2D eigenvalue weighted by atomic mass is 9.93. The van der Waals surface area contributed by atoms with Gasteiger partial charge in [-0.25, -0.2) is 14.0 Å². The van der Waals surface area contributed by atoms with Gasteiger partial charge in [0.15, 0.2) is 0 Å². The number of nitrogens with zero attached hydrogens (tertiary/aromatic N) is 1. The molecule has 0 fully saturated rings. The summed E-state index contributed by atoms with van der Waals surface area (Å²) in [6.07, 6.45) is 1.89. The highest BCUT2D eigenvalue weighted by atomic mass is 19.1. The van der Waals surface area contributed by atoms with E-state index in [1.54, 1.807) is 38.7 Å². The van der Waals surface area contributed by atoms with Gasteiger partial charge in [0.05, 0.1) is 5.56 Å². The Kier molecular flexibility index (Phi) is 4.96. The number of hydrogen-bond acceptors (Lipinski definition) is 3. The summed E-state index contributed by atoms with van der Waals surface area (Å²) in [6.45, 7) is 7.87. The molecular formula is C18H22FNO4. The number of carbonyl (C=O) groups is 2. The van der Waals surface area contributed by atoms with Gasteiger partial charge in [-0.3, -0.25) is 0 Å². The fraction of sp³-hybridized carbons (Fsp3) is 0.444. The van der Waals surface area contributed by atoms with E-state index < -0.39 is 23.5 Å². The SMILES string of the molecule is Cc1cc(C(=O)O)cc(F)c1C1=CCN(C(=O)OC(C)(C)C)CC1. The van der Waals surface area contributed by atoms with Gasteiger partial charge < -0.3 is 14.7 Å². The Morgan fingerprint density at radius 2 is 1.96 bits per heavy atom. The number of aromatic carboxylic acids is 1. The predicted octanol–water partition coefficient (Wildman–Crippen LogP) is 3.86. The fourth-order valence-electron chi connectivity index (χ4n) is 2.66. The van der Waals surface area contributed by atoms with Crippen LogP contribution in [0.2, 0.25) is 0 Å². The molecule has 0 atom stereocenters. The highest BCUT2D eigenvalue weighted by Crippen LogP contribution is 2.29. The molecule has 1 amide bonds. The van der Waals surface area contributed by atoms with E-state index in [2.05, 4.69) is 0 Å². The van der Waals surface area contributed by atoms with Crippen LogP contribution in [0.15, 0.2) is 18.2 Å². The van der Waals surface area contributed by atoms with Gasteiger partial charge in [-0.05, 0) is 57.4 Å². The minimum absolute atomic E-state index is 0.0689. The summed E-state index contributed by atoms with van der Waals surface area (Å²) in [5, 5.41) is 8.98. The lowest BCUT2D eigenvalue weighted by molar-refractivity contribution is 0.0270. The lowest BCUT2D eigenvalue weighted by Crippen LogP contribution is -2.39. The van der Waals surface area contributed by atoms with Gasteiger partial charge in [-0.1, -0.05) is 6.08 Å². The van der Waals surface area contributed by atoms with E-state index in [9.17, 15) is 14.0 Å². The van der Waals surface area contributed by atoms with Crippen LogP contribution in [-0.4, -0.2) is 40.8 Å². The van der Waals surface area contributed by atoms with Crippen molar-refractivity contribution in [3.8, 4) is 0 Å². The summed E-state index contributed by atoms with van der Waals surface area (Å²) >= 11 is 0. The number of carboxylic acids is 1. The summed E-state index contributed by atoms with van der Waals surface area (Å²) < 4.78 is 19.7. The molecule has 0 aliphatic carbocycles. The standard InChI is InChI=1S/C18H22FNO4/c1-11-9-13(16(21)22)10-14(19)15(11)12-5-7-20(8-6-12)17(23)24-18(2,3)4/h5,9-10H,6-8H2,1-4H3,(H,21,22). The molecule has 1 N–H and O–H groups in total. The zero-order valence-electron chi connectivity index (χ0n) is 14.4. The Morgan fingerprint density at radius 3 is 2.42 bits per heavy atom. The van der Waals surface area contributed by atoms with Gasteiger partial charge in [0.2, 0.25) is 0 Å². The molecule has 5 nitrogen and oxygen atoms in total. The molecule has 1 heterocycles. The first-order chi connectivity index (χ1) is 11.1. The van der Waals surface area contributed by atoms with Gasteiger partial charge in [-0.2, -0.15) is 0 Å². The number of amides is 1. The van der Waals surface area contributed by atoms with Crippen molar-refractivity contribution in [2.24, 2.45) is 0 Å². The molecular weight excluding hydrogens is 313 g/mol. The minimum Gasteiger partial charge on any atom is -0.478 e. The Labute approximate surface area is 140 Å². The zero-order valence-corrected chi connectivity index (χ0v) is 14.4. The molecule has 24 heavy (non-hydrogen) atoms. The third kappa shape index (κ3) is 4.13. The van der Waals surface area contributed by atoms with Crippen LogP contribution in [0.25, 0.3) is 5.57 Å². The number of carbonyl (C=O) groups excluding carboxylic acids is 1. The Bertz CT molecular complexity index is 680. The van der Waals surface area contributed by atoms with Gasteiger partial charge in [0, 0.05) is 18.7 Å². The normalized spacial score (nSPS) is 15.0. The molecule has 0 radical (unpaired) electrons. The number of rotatable bonds is 2. The molecule has 0 saturated heterocycles. The first kappa shape index (κ1) is 18.0. The van der Waals surface area contributed by atoms with Crippen LogP contribution in [0.5, 0.6) is 0 Å². The molecule has 6 heteroatoms. The van der Waals surface area contributed by atoms with Crippen LogP contribution in [0.1, 0.15) is 48.7 Å². The maximum absolute atomic E-state index is 14.3. The van der Waals surface area contributed by atoms with Crippen LogP contribution in [0.3, 0.4) is 0 Å². The van der Waals surface area contributed by atoms with Crippen molar-refractivity contribution >= 4 is 17.6 Å². The quantitative estimate of drug-likeness (QED) is 0.891. The highest BCUT2D eigenvalue weighted by molar-refractivity contribution is 5.89. The van der Waals surface area contributed by atoms with Gasteiger partial charge in [0.25, 0.3) is 0 Å². The second-order valence-corrected chi connectivity index (χ2v) is 6.86. The summed E-state index contributed by atoms with van der Waals surface area (Å²) in [5.74, 6) is -1.71. The number of aryl methyl sites for hydroxylation is 1. The molecule has 0 spiro atoms. The number of halogens is 1. The molecule has 1 aromatic carbocycles. The number of benzene rings is 1. The molecule has 0 saturated carbocycles. The van der Waals surface area contributed by atoms with E-state index in [1.165, 1.54) is 6.07 Å². The van der Waals surface area contributed by atoms with Crippen LogP contribution in [-0.2, 0) is 4.74 Å². The molecule has 1 aliphatic heterocycles.